The monoisotopic (exact) mass is 256 g/mol. The number of nitrogens with two attached hydrogens (primary N) is 1. The van der Waals surface area contributed by atoms with Gasteiger partial charge in [0.1, 0.15) is 5.78 Å². The zero-order valence-electron chi connectivity index (χ0n) is 12.0. The van der Waals surface area contributed by atoms with Crippen LogP contribution in [0.2, 0.25) is 0 Å². The third-order valence-electron chi connectivity index (χ3n) is 3.85. The van der Waals surface area contributed by atoms with Crippen LogP contribution in [0.25, 0.3) is 0 Å². The SMILES string of the molecule is CC[C@H](C)[C@H](N)C(=O)C[C@@H](C)CN1CCOCC1. The van der Waals surface area contributed by atoms with Crippen LogP contribution in [0.4, 0.5) is 0 Å². The van der Waals surface area contributed by atoms with Crippen molar-refractivity contribution in [2.45, 2.75) is 39.7 Å². The van der Waals surface area contributed by atoms with Crippen LogP contribution in [0.15, 0.2) is 0 Å². The van der Waals surface area contributed by atoms with E-state index in [1.807, 2.05) is 0 Å². The van der Waals surface area contributed by atoms with Gasteiger partial charge in [-0.05, 0) is 11.8 Å². The number of carbonyl (C=O) groups excluding carboxylic acids is 1. The average Bonchev–Trinajstić information content (AvgIpc) is 2.37. The molecule has 4 nitrogen and oxygen atoms in total. The Bertz CT molecular complexity index is 252. The first-order chi connectivity index (χ1) is 8.54. The van der Waals surface area contributed by atoms with Crippen molar-refractivity contribution in [1.29, 1.82) is 0 Å². The van der Waals surface area contributed by atoms with Crippen molar-refractivity contribution in [3.05, 3.63) is 0 Å². The molecule has 2 N–H and O–H groups in total. The summed E-state index contributed by atoms with van der Waals surface area (Å²) in [6.45, 7) is 10.8. The van der Waals surface area contributed by atoms with Gasteiger partial charge in [-0.25, -0.2) is 0 Å². The zero-order chi connectivity index (χ0) is 13.5. The van der Waals surface area contributed by atoms with E-state index in [1.54, 1.807) is 0 Å². The van der Waals surface area contributed by atoms with E-state index in [2.05, 4.69) is 25.7 Å². The van der Waals surface area contributed by atoms with Crippen LogP contribution in [0.3, 0.4) is 0 Å². The summed E-state index contributed by atoms with van der Waals surface area (Å²) in [6, 6.07) is -0.290. The quantitative estimate of drug-likeness (QED) is 0.745. The van der Waals surface area contributed by atoms with E-state index >= 15 is 0 Å². The number of hydrogen-bond donors (Lipinski definition) is 1. The Kier molecular flexibility index (Phi) is 6.82. The second-order valence-electron chi connectivity index (χ2n) is 5.60. The molecule has 0 saturated carbocycles. The number of morpholine rings is 1. The van der Waals surface area contributed by atoms with E-state index < -0.39 is 0 Å². The van der Waals surface area contributed by atoms with Crippen LogP contribution in [-0.2, 0) is 9.53 Å². The number of Topliss-reactive ketones (excluding diaryl/α,β-unsaturated/α-hetero) is 1. The number of carbonyl (C=O) groups is 1. The molecular formula is C14H28N2O2. The third kappa shape index (κ3) is 5.04. The van der Waals surface area contributed by atoms with E-state index in [4.69, 9.17) is 10.5 Å². The Morgan fingerprint density at radius 2 is 1.94 bits per heavy atom. The van der Waals surface area contributed by atoms with Gasteiger partial charge in [0.05, 0.1) is 19.3 Å². The predicted molar refractivity (Wildman–Crippen MR) is 73.5 cm³/mol. The molecule has 1 saturated heterocycles. The smallest absolute Gasteiger partial charge is 0.150 e. The summed E-state index contributed by atoms with van der Waals surface area (Å²) in [5.41, 5.74) is 5.97. The lowest BCUT2D eigenvalue weighted by atomic mass is 9.91. The van der Waals surface area contributed by atoms with Crippen LogP contribution in [0, 0.1) is 11.8 Å². The van der Waals surface area contributed by atoms with Gasteiger partial charge in [0.2, 0.25) is 0 Å². The maximum atomic E-state index is 12.0. The Hall–Kier alpha value is -0.450. The highest BCUT2D eigenvalue weighted by Gasteiger charge is 2.22. The van der Waals surface area contributed by atoms with Gasteiger partial charge in [-0.3, -0.25) is 9.69 Å². The van der Waals surface area contributed by atoms with Gasteiger partial charge in [-0.2, -0.15) is 0 Å². The Morgan fingerprint density at radius 3 is 2.50 bits per heavy atom. The number of rotatable bonds is 7. The van der Waals surface area contributed by atoms with E-state index in [-0.39, 0.29) is 17.7 Å². The molecule has 1 aliphatic rings. The molecular weight excluding hydrogens is 228 g/mol. The molecule has 1 fully saturated rings. The van der Waals surface area contributed by atoms with Gasteiger partial charge in [0.15, 0.2) is 0 Å². The molecule has 106 valence electrons. The summed E-state index contributed by atoms with van der Waals surface area (Å²) in [5.74, 6) is 0.879. The number of ketones is 1. The highest BCUT2D eigenvalue weighted by Crippen LogP contribution is 2.13. The van der Waals surface area contributed by atoms with Crippen molar-refractivity contribution in [1.82, 2.24) is 4.90 Å². The molecule has 0 unspecified atom stereocenters. The second-order valence-corrected chi connectivity index (χ2v) is 5.60. The topological polar surface area (TPSA) is 55.6 Å². The average molecular weight is 256 g/mol. The molecule has 0 aromatic rings. The maximum Gasteiger partial charge on any atom is 0.150 e. The molecule has 0 aromatic heterocycles. The number of hydrogen-bond acceptors (Lipinski definition) is 4. The normalized spacial score (nSPS) is 22.4. The van der Waals surface area contributed by atoms with Crippen molar-refractivity contribution < 1.29 is 9.53 Å². The summed E-state index contributed by atoms with van der Waals surface area (Å²) in [7, 11) is 0. The molecule has 1 rings (SSSR count). The van der Waals surface area contributed by atoms with Crippen LogP contribution >= 0.6 is 0 Å². The lowest BCUT2D eigenvalue weighted by Crippen LogP contribution is -2.41. The highest BCUT2D eigenvalue weighted by atomic mass is 16.5. The van der Waals surface area contributed by atoms with E-state index in [9.17, 15) is 4.79 Å². The van der Waals surface area contributed by atoms with Gasteiger partial charge in [-0.15, -0.1) is 0 Å². The second kappa shape index (κ2) is 7.87. The van der Waals surface area contributed by atoms with Crippen LogP contribution in [0.5, 0.6) is 0 Å². The van der Waals surface area contributed by atoms with Crippen molar-refractivity contribution in [2.24, 2.45) is 17.6 Å². The van der Waals surface area contributed by atoms with Crippen molar-refractivity contribution in [3.8, 4) is 0 Å². The standard InChI is InChI=1S/C14H28N2O2/c1-4-12(3)14(15)13(17)9-11(2)10-16-5-7-18-8-6-16/h11-12,14H,4-10,15H2,1-3H3/t11-,12+,14+/m1/s1. The van der Waals surface area contributed by atoms with E-state index in [0.717, 1.165) is 39.3 Å². The van der Waals surface area contributed by atoms with E-state index in [1.165, 1.54) is 0 Å². The fourth-order valence-electron chi connectivity index (χ4n) is 2.34. The number of ether oxygens (including phenoxy) is 1. The van der Waals surface area contributed by atoms with Crippen molar-refractivity contribution in [3.63, 3.8) is 0 Å². The summed E-state index contributed by atoms with van der Waals surface area (Å²) in [4.78, 5) is 14.4. The van der Waals surface area contributed by atoms with Gasteiger partial charge in [0.25, 0.3) is 0 Å². The minimum absolute atomic E-state index is 0.213. The van der Waals surface area contributed by atoms with Crippen LogP contribution < -0.4 is 5.73 Å². The fraction of sp³-hybridized carbons (Fsp3) is 0.929. The zero-order valence-corrected chi connectivity index (χ0v) is 12.0. The molecule has 18 heavy (non-hydrogen) atoms. The van der Waals surface area contributed by atoms with Crippen LogP contribution in [-0.4, -0.2) is 49.6 Å². The molecule has 1 aliphatic heterocycles. The summed E-state index contributed by atoms with van der Waals surface area (Å²) >= 11 is 0. The molecule has 0 amide bonds. The first-order valence-corrected chi connectivity index (χ1v) is 7.13. The lowest BCUT2D eigenvalue weighted by Gasteiger charge is -2.29. The first-order valence-electron chi connectivity index (χ1n) is 7.13. The Labute approximate surface area is 111 Å². The molecule has 0 aromatic carbocycles. The summed E-state index contributed by atoms with van der Waals surface area (Å²) < 4.78 is 5.32. The first kappa shape index (κ1) is 15.6. The largest absolute Gasteiger partial charge is 0.379 e. The van der Waals surface area contributed by atoms with Gasteiger partial charge >= 0.3 is 0 Å². The fourth-order valence-corrected chi connectivity index (χ4v) is 2.34. The number of nitrogens with zero attached hydrogens (tertiary/aromatic N) is 1. The Balaban J connectivity index is 2.29. The molecule has 1 heterocycles. The minimum atomic E-state index is -0.290. The van der Waals surface area contributed by atoms with Crippen molar-refractivity contribution in [2.75, 3.05) is 32.8 Å². The summed E-state index contributed by atoms with van der Waals surface area (Å²) in [5, 5.41) is 0. The molecule has 0 aliphatic carbocycles. The Morgan fingerprint density at radius 1 is 1.33 bits per heavy atom. The molecule has 0 radical (unpaired) electrons. The van der Waals surface area contributed by atoms with E-state index in [0.29, 0.717) is 12.3 Å². The molecule has 4 heteroatoms. The summed E-state index contributed by atoms with van der Waals surface area (Å²) in [6.07, 6.45) is 1.56. The lowest BCUT2D eigenvalue weighted by molar-refractivity contribution is -0.122. The van der Waals surface area contributed by atoms with Gasteiger partial charge in [0, 0.05) is 26.1 Å². The third-order valence-corrected chi connectivity index (χ3v) is 3.85. The van der Waals surface area contributed by atoms with Crippen LogP contribution in [0.1, 0.15) is 33.6 Å². The highest BCUT2D eigenvalue weighted by molar-refractivity contribution is 5.84. The molecule has 0 spiro atoms. The molecule has 0 bridgehead atoms. The molecule has 3 atom stereocenters. The predicted octanol–water partition coefficient (Wildman–Crippen LogP) is 1.29. The van der Waals surface area contributed by atoms with Crippen molar-refractivity contribution >= 4 is 5.78 Å². The van der Waals surface area contributed by atoms with Gasteiger partial charge in [-0.1, -0.05) is 27.2 Å². The van der Waals surface area contributed by atoms with Gasteiger partial charge < -0.3 is 10.5 Å². The maximum absolute atomic E-state index is 12.0. The minimum Gasteiger partial charge on any atom is -0.379 e.